The Morgan fingerprint density at radius 2 is 1.72 bits per heavy atom. The van der Waals surface area contributed by atoms with Gasteiger partial charge in [-0.05, 0) is 55.4 Å². The molecule has 1 amide bonds. The van der Waals surface area contributed by atoms with E-state index in [1.54, 1.807) is 0 Å². The van der Waals surface area contributed by atoms with Gasteiger partial charge in [-0.3, -0.25) is 4.79 Å². The van der Waals surface area contributed by atoms with Gasteiger partial charge in [0, 0.05) is 0 Å². The zero-order chi connectivity index (χ0) is 17.9. The first-order valence-electron chi connectivity index (χ1n) is 9.50. The molecule has 1 fully saturated rings. The van der Waals surface area contributed by atoms with Crippen LogP contribution in [0.3, 0.4) is 0 Å². The topological polar surface area (TPSA) is 29.1 Å². The summed E-state index contributed by atoms with van der Waals surface area (Å²) in [5, 5.41) is 3.37. The third-order valence-electron chi connectivity index (χ3n) is 5.87. The fourth-order valence-corrected chi connectivity index (χ4v) is 4.08. The van der Waals surface area contributed by atoms with Gasteiger partial charge in [-0.2, -0.15) is 0 Å². The quantitative estimate of drug-likeness (QED) is 0.780. The number of rotatable bonds is 5. The zero-order valence-corrected chi connectivity index (χ0v) is 15.6. The number of carbonyl (C=O) groups excluding carboxylic acids is 1. The summed E-state index contributed by atoms with van der Waals surface area (Å²) in [4.78, 5) is 13.4. The third kappa shape index (κ3) is 3.49. The van der Waals surface area contributed by atoms with E-state index in [2.05, 4.69) is 56.4 Å². The summed E-state index contributed by atoms with van der Waals surface area (Å²) in [5.41, 5.74) is 4.60. The van der Waals surface area contributed by atoms with E-state index in [4.69, 9.17) is 0 Å². The molecule has 0 saturated heterocycles. The monoisotopic (exact) mass is 335 g/mol. The van der Waals surface area contributed by atoms with Gasteiger partial charge in [-0.15, -0.1) is 0 Å². The maximum absolute atomic E-state index is 13.4. The molecule has 0 unspecified atom stereocenters. The summed E-state index contributed by atoms with van der Waals surface area (Å²) >= 11 is 0. The molecular formula is C23H29NO. The number of amides is 1. The Hall–Kier alpha value is -2.09. The molecule has 2 nitrogen and oxygen atoms in total. The molecule has 1 atom stereocenters. The van der Waals surface area contributed by atoms with Crippen molar-refractivity contribution < 1.29 is 4.79 Å². The van der Waals surface area contributed by atoms with Crippen molar-refractivity contribution in [1.82, 2.24) is 5.32 Å². The number of hydrogen-bond acceptors (Lipinski definition) is 1. The molecule has 0 heterocycles. The zero-order valence-electron chi connectivity index (χ0n) is 15.6. The Bertz CT molecular complexity index is 729. The van der Waals surface area contributed by atoms with Gasteiger partial charge in [-0.1, -0.05) is 68.3 Å². The van der Waals surface area contributed by atoms with Crippen LogP contribution in [-0.4, -0.2) is 5.91 Å². The van der Waals surface area contributed by atoms with E-state index < -0.39 is 0 Å². The molecule has 25 heavy (non-hydrogen) atoms. The normalized spacial score (nSPS) is 17.2. The van der Waals surface area contributed by atoms with Gasteiger partial charge in [0.05, 0.1) is 11.5 Å². The van der Waals surface area contributed by atoms with Crippen molar-refractivity contribution >= 4 is 5.91 Å². The van der Waals surface area contributed by atoms with Crippen molar-refractivity contribution in [3.05, 3.63) is 70.8 Å². The summed E-state index contributed by atoms with van der Waals surface area (Å²) in [7, 11) is 0. The second kappa shape index (κ2) is 7.43. The van der Waals surface area contributed by atoms with E-state index in [0.29, 0.717) is 0 Å². The second-order valence-electron chi connectivity index (χ2n) is 7.43. The van der Waals surface area contributed by atoms with Gasteiger partial charge in [0.2, 0.25) is 5.91 Å². The summed E-state index contributed by atoms with van der Waals surface area (Å²) in [6, 6.07) is 16.9. The van der Waals surface area contributed by atoms with Gasteiger partial charge in [0.1, 0.15) is 0 Å². The standard InChI is InChI=1S/C23H29NO/c1-4-21(19-13-12-17(2)18(3)16-19)24-22(25)23(14-8-9-15-23)20-10-6-5-7-11-20/h5-7,10-13,16,21H,4,8-9,14-15H2,1-3H3,(H,24,25)/t21-/m0/s1. The minimum Gasteiger partial charge on any atom is -0.349 e. The van der Waals surface area contributed by atoms with Gasteiger partial charge in [0.15, 0.2) is 0 Å². The Kier molecular flexibility index (Phi) is 5.27. The number of benzene rings is 2. The lowest BCUT2D eigenvalue weighted by Crippen LogP contribution is -2.44. The van der Waals surface area contributed by atoms with Gasteiger partial charge in [-0.25, -0.2) is 0 Å². The molecule has 2 aromatic carbocycles. The molecule has 1 aliphatic rings. The lowest BCUT2D eigenvalue weighted by molar-refractivity contribution is -0.127. The van der Waals surface area contributed by atoms with Gasteiger partial charge < -0.3 is 5.32 Å². The molecule has 2 aromatic rings. The van der Waals surface area contributed by atoms with E-state index in [1.165, 1.54) is 22.3 Å². The van der Waals surface area contributed by atoms with E-state index in [0.717, 1.165) is 32.1 Å². The van der Waals surface area contributed by atoms with Crippen LogP contribution >= 0.6 is 0 Å². The van der Waals surface area contributed by atoms with Crippen molar-refractivity contribution in [2.24, 2.45) is 0 Å². The van der Waals surface area contributed by atoms with Crippen molar-refractivity contribution in [1.29, 1.82) is 0 Å². The number of aryl methyl sites for hydroxylation is 2. The number of hydrogen-bond donors (Lipinski definition) is 1. The van der Waals surface area contributed by atoms with Crippen molar-refractivity contribution in [3.8, 4) is 0 Å². The van der Waals surface area contributed by atoms with Crippen LogP contribution in [-0.2, 0) is 10.2 Å². The highest BCUT2D eigenvalue weighted by molar-refractivity contribution is 5.89. The number of nitrogens with one attached hydrogen (secondary N) is 1. The Balaban J connectivity index is 1.86. The average Bonchev–Trinajstić information content (AvgIpc) is 3.14. The predicted octanol–water partition coefficient (Wildman–Crippen LogP) is 5.38. The molecule has 0 bridgehead atoms. The lowest BCUT2D eigenvalue weighted by atomic mass is 9.77. The summed E-state index contributed by atoms with van der Waals surface area (Å²) < 4.78 is 0. The van der Waals surface area contributed by atoms with Crippen LogP contribution in [0.15, 0.2) is 48.5 Å². The first-order valence-corrected chi connectivity index (χ1v) is 9.50. The van der Waals surface area contributed by atoms with Crippen molar-refractivity contribution in [2.45, 2.75) is 64.3 Å². The maximum atomic E-state index is 13.4. The second-order valence-corrected chi connectivity index (χ2v) is 7.43. The number of carbonyl (C=O) groups is 1. The van der Waals surface area contributed by atoms with Crippen LogP contribution in [0.1, 0.15) is 67.3 Å². The molecule has 1 N–H and O–H groups in total. The highest BCUT2D eigenvalue weighted by Gasteiger charge is 2.43. The molecule has 1 aliphatic carbocycles. The molecule has 0 spiro atoms. The van der Waals surface area contributed by atoms with E-state index in [-0.39, 0.29) is 17.4 Å². The first kappa shape index (κ1) is 17.7. The molecule has 0 aromatic heterocycles. The summed E-state index contributed by atoms with van der Waals surface area (Å²) in [6.45, 7) is 6.40. The van der Waals surface area contributed by atoms with Crippen LogP contribution in [0.25, 0.3) is 0 Å². The molecule has 132 valence electrons. The first-order chi connectivity index (χ1) is 12.1. The van der Waals surface area contributed by atoms with Crippen LogP contribution in [0, 0.1) is 13.8 Å². The largest absolute Gasteiger partial charge is 0.349 e. The Morgan fingerprint density at radius 1 is 1.04 bits per heavy atom. The van der Waals surface area contributed by atoms with E-state index in [1.807, 2.05) is 18.2 Å². The molecule has 0 radical (unpaired) electrons. The average molecular weight is 335 g/mol. The summed E-state index contributed by atoms with van der Waals surface area (Å²) in [6.07, 6.45) is 5.06. The van der Waals surface area contributed by atoms with Crippen LogP contribution in [0.2, 0.25) is 0 Å². The van der Waals surface area contributed by atoms with E-state index >= 15 is 0 Å². The molecular weight excluding hydrogens is 306 g/mol. The Morgan fingerprint density at radius 3 is 2.32 bits per heavy atom. The fraction of sp³-hybridized carbons (Fsp3) is 0.435. The fourth-order valence-electron chi connectivity index (χ4n) is 4.08. The SMILES string of the molecule is CC[C@H](NC(=O)C1(c2ccccc2)CCCC1)c1ccc(C)c(C)c1. The predicted molar refractivity (Wildman–Crippen MR) is 104 cm³/mol. The molecule has 0 aliphatic heterocycles. The van der Waals surface area contributed by atoms with Crippen LogP contribution in [0.5, 0.6) is 0 Å². The highest BCUT2D eigenvalue weighted by Crippen LogP contribution is 2.41. The molecule has 1 saturated carbocycles. The molecule has 2 heteroatoms. The van der Waals surface area contributed by atoms with Gasteiger partial charge in [0.25, 0.3) is 0 Å². The third-order valence-corrected chi connectivity index (χ3v) is 5.87. The summed E-state index contributed by atoms with van der Waals surface area (Å²) in [5.74, 6) is 0.196. The lowest BCUT2D eigenvalue weighted by Gasteiger charge is -2.31. The Labute approximate surface area is 151 Å². The minimum absolute atomic E-state index is 0.0768. The van der Waals surface area contributed by atoms with Crippen molar-refractivity contribution in [3.63, 3.8) is 0 Å². The maximum Gasteiger partial charge on any atom is 0.231 e. The minimum atomic E-state index is -0.353. The van der Waals surface area contributed by atoms with E-state index in [9.17, 15) is 4.79 Å². The van der Waals surface area contributed by atoms with Gasteiger partial charge >= 0.3 is 0 Å². The smallest absolute Gasteiger partial charge is 0.231 e. The molecule has 3 rings (SSSR count). The van der Waals surface area contributed by atoms with Crippen molar-refractivity contribution in [2.75, 3.05) is 0 Å². The van der Waals surface area contributed by atoms with Crippen LogP contribution in [0.4, 0.5) is 0 Å². The van der Waals surface area contributed by atoms with Crippen LogP contribution < -0.4 is 5.32 Å². The highest BCUT2D eigenvalue weighted by atomic mass is 16.2.